The molecule has 1 amide bonds. The highest BCUT2D eigenvalue weighted by Gasteiger charge is 2.35. The molecule has 0 aromatic carbocycles. The summed E-state index contributed by atoms with van der Waals surface area (Å²) >= 11 is 0. The van der Waals surface area contributed by atoms with Crippen molar-refractivity contribution in [2.24, 2.45) is 22.8 Å². The number of carbonyl (C=O) groups excluding carboxylic acids is 1. The fourth-order valence-corrected chi connectivity index (χ4v) is 3.85. The van der Waals surface area contributed by atoms with Crippen LogP contribution in [-0.2, 0) is 4.79 Å². The molecule has 2 fully saturated rings. The van der Waals surface area contributed by atoms with E-state index in [1.54, 1.807) is 0 Å². The molecule has 0 spiro atoms. The van der Waals surface area contributed by atoms with Crippen molar-refractivity contribution in [2.45, 2.75) is 64.3 Å². The van der Waals surface area contributed by atoms with Gasteiger partial charge in [0.25, 0.3) is 0 Å². The van der Waals surface area contributed by atoms with E-state index in [4.69, 9.17) is 11.5 Å². The standard InChI is InChI=1S/C16H31N3O/c1-13(18)14-6-5-9-19(11-14)15(20)10-16(12-17)7-3-2-4-8-16/h13-14H,2-12,17-18H2,1H3. The number of hydrogen-bond donors (Lipinski definition) is 2. The number of hydrogen-bond acceptors (Lipinski definition) is 3. The highest BCUT2D eigenvalue weighted by molar-refractivity contribution is 5.77. The topological polar surface area (TPSA) is 72.3 Å². The van der Waals surface area contributed by atoms with Crippen LogP contribution in [0.3, 0.4) is 0 Å². The third kappa shape index (κ3) is 3.73. The SMILES string of the molecule is CC(N)C1CCCN(C(=O)CC2(CN)CCCCC2)C1. The third-order valence-electron chi connectivity index (χ3n) is 5.43. The average molecular weight is 281 g/mol. The Hall–Kier alpha value is -0.610. The van der Waals surface area contributed by atoms with E-state index in [1.165, 1.54) is 19.3 Å². The zero-order valence-electron chi connectivity index (χ0n) is 12.9. The lowest BCUT2D eigenvalue weighted by molar-refractivity contribution is -0.136. The molecular formula is C16H31N3O. The van der Waals surface area contributed by atoms with Crippen LogP contribution in [0.5, 0.6) is 0 Å². The van der Waals surface area contributed by atoms with Crippen LogP contribution in [-0.4, -0.2) is 36.5 Å². The molecule has 2 rings (SSSR count). The molecule has 0 bridgehead atoms. The van der Waals surface area contributed by atoms with Gasteiger partial charge in [-0.05, 0) is 50.5 Å². The minimum absolute atomic E-state index is 0.0800. The highest BCUT2D eigenvalue weighted by Crippen LogP contribution is 2.39. The van der Waals surface area contributed by atoms with Crippen LogP contribution in [0, 0.1) is 11.3 Å². The van der Waals surface area contributed by atoms with Gasteiger partial charge in [0.2, 0.25) is 5.91 Å². The van der Waals surface area contributed by atoms with Crippen LogP contribution >= 0.6 is 0 Å². The van der Waals surface area contributed by atoms with E-state index in [0.717, 1.165) is 38.8 Å². The third-order valence-corrected chi connectivity index (χ3v) is 5.43. The van der Waals surface area contributed by atoms with Crippen LogP contribution in [0.2, 0.25) is 0 Å². The van der Waals surface area contributed by atoms with Gasteiger partial charge in [-0.3, -0.25) is 4.79 Å². The molecule has 0 aromatic heterocycles. The van der Waals surface area contributed by atoms with Crippen molar-refractivity contribution < 1.29 is 4.79 Å². The lowest BCUT2D eigenvalue weighted by atomic mass is 9.71. The number of piperidine rings is 1. The highest BCUT2D eigenvalue weighted by atomic mass is 16.2. The van der Waals surface area contributed by atoms with Gasteiger partial charge >= 0.3 is 0 Å². The van der Waals surface area contributed by atoms with E-state index < -0.39 is 0 Å². The van der Waals surface area contributed by atoms with Gasteiger partial charge in [-0.2, -0.15) is 0 Å². The van der Waals surface area contributed by atoms with E-state index in [9.17, 15) is 4.79 Å². The van der Waals surface area contributed by atoms with Crippen LogP contribution < -0.4 is 11.5 Å². The first-order chi connectivity index (χ1) is 9.56. The van der Waals surface area contributed by atoms with Crippen molar-refractivity contribution in [1.29, 1.82) is 0 Å². The number of nitrogens with zero attached hydrogens (tertiary/aromatic N) is 1. The first-order valence-electron chi connectivity index (χ1n) is 8.30. The molecule has 2 aliphatic rings. The maximum atomic E-state index is 12.6. The second kappa shape index (κ2) is 6.90. The minimum Gasteiger partial charge on any atom is -0.342 e. The molecule has 4 heteroatoms. The van der Waals surface area contributed by atoms with E-state index in [-0.39, 0.29) is 11.5 Å². The molecule has 116 valence electrons. The molecule has 1 saturated carbocycles. The Morgan fingerprint density at radius 1 is 1.30 bits per heavy atom. The van der Waals surface area contributed by atoms with Gasteiger partial charge < -0.3 is 16.4 Å². The zero-order chi connectivity index (χ0) is 14.6. The molecular weight excluding hydrogens is 250 g/mol. The fraction of sp³-hybridized carbons (Fsp3) is 0.938. The smallest absolute Gasteiger partial charge is 0.223 e. The van der Waals surface area contributed by atoms with Gasteiger partial charge in [-0.15, -0.1) is 0 Å². The van der Waals surface area contributed by atoms with Gasteiger partial charge in [0.1, 0.15) is 0 Å². The average Bonchev–Trinajstić information content (AvgIpc) is 2.48. The van der Waals surface area contributed by atoms with Gasteiger partial charge in [-0.25, -0.2) is 0 Å². The minimum atomic E-state index is 0.0800. The van der Waals surface area contributed by atoms with Crippen LogP contribution in [0.15, 0.2) is 0 Å². The molecule has 1 aliphatic carbocycles. The Kier molecular flexibility index (Phi) is 5.44. The molecule has 1 aliphatic heterocycles. The zero-order valence-corrected chi connectivity index (χ0v) is 12.9. The lowest BCUT2D eigenvalue weighted by Gasteiger charge is -2.40. The van der Waals surface area contributed by atoms with Crippen molar-refractivity contribution in [2.75, 3.05) is 19.6 Å². The summed E-state index contributed by atoms with van der Waals surface area (Å²) in [5, 5.41) is 0. The maximum absolute atomic E-state index is 12.6. The van der Waals surface area contributed by atoms with Crippen molar-refractivity contribution in [3.05, 3.63) is 0 Å². The van der Waals surface area contributed by atoms with Crippen LogP contribution in [0.4, 0.5) is 0 Å². The van der Waals surface area contributed by atoms with Crippen molar-refractivity contribution in [1.82, 2.24) is 4.90 Å². The fourth-order valence-electron chi connectivity index (χ4n) is 3.85. The monoisotopic (exact) mass is 281 g/mol. The van der Waals surface area contributed by atoms with Gasteiger partial charge in [0.05, 0.1) is 0 Å². The Morgan fingerprint density at radius 2 is 2.00 bits per heavy atom. The van der Waals surface area contributed by atoms with Crippen molar-refractivity contribution in [3.63, 3.8) is 0 Å². The number of nitrogens with two attached hydrogens (primary N) is 2. The van der Waals surface area contributed by atoms with E-state index in [0.29, 0.717) is 24.8 Å². The molecule has 20 heavy (non-hydrogen) atoms. The quantitative estimate of drug-likeness (QED) is 0.826. The number of likely N-dealkylation sites (tertiary alicyclic amines) is 1. The molecule has 4 nitrogen and oxygen atoms in total. The molecule has 1 heterocycles. The summed E-state index contributed by atoms with van der Waals surface area (Å²) in [5.41, 5.74) is 12.1. The maximum Gasteiger partial charge on any atom is 0.223 e. The molecule has 2 unspecified atom stereocenters. The summed E-state index contributed by atoms with van der Waals surface area (Å²) in [7, 11) is 0. The molecule has 0 radical (unpaired) electrons. The van der Waals surface area contributed by atoms with E-state index in [2.05, 4.69) is 6.92 Å². The second-order valence-electron chi connectivity index (χ2n) is 7.04. The summed E-state index contributed by atoms with van der Waals surface area (Å²) in [6.07, 6.45) is 8.90. The number of amides is 1. The molecule has 4 N–H and O–H groups in total. The summed E-state index contributed by atoms with van der Waals surface area (Å²) in [6.45, 7) is 4.46. The van der Waals surface area contributed by atoms with E-state index >= 15 is 0 Å². The Morgan fingerprint density at radius 3 is 2.60 bits per heavy atom. The van der Waals surface area contributed by atoms with Crippen molar-refractivity contribution >= 4 is 5.91 Å². The van der Waals surface area contributed by atoms with Crippen LogP contribution in [0.25, 0.3) is 0 Å². The predicted molar refractivity (Wildman–Crippen MR) is 82.1 cm³/mol. The lowest BCUT2D eigenvalue weighted by Crippen LogP contribution is -2.47. The summed E-state index contributed by atoms with van der Waals surface area (Å²) in [4.78, 5) is 14.7. The Bertz CT molecular complexity index is 324. The van der Waals surface area contributed by atoms with Crippen molar-refractivity contribution in [3.8, 4) is 0 Å². The summed E-state index contributed by atoms with van der Waals surface area (Å²) in [6, 6.07) is 0.184. The summed E-state index contributed by atoms with van der Waals surface area (Å²) < 4.78 is 0. The Balaban J connectivity index is 1.93. The number of rotatable bonds is 4. The second-order valence-corrected chi connectivity index (χ2v) is 7.04. The first-order valence-corrected chi connectivity index (χ1v) is 8.30. The molecule has 1 saturated heterocycles. The van der Waals surface area contributed by atoms with E-state index in [1.807, 2.05) is 4.90 Å². The largest absolute Gasteiger partial charge is 0.342 e. The van der Waals surface area contributed by atoms with Gasteiger partial charge in [-0.1, -0.05) is 19.3 Å². The molecule has 0 aromatic rings. The first kappa shape index (κ1) is 15.8. The Labute approximate surface area is 123 Å². The normalized spacial score (nSPS) is 28.1. The van der Waals surface area contributed by atoms with Crippen LogP contribution in [0.1, 0.15) is 58.3 Å². The molecule has 2 atom stereocenters. The number of carbonyl (C=O) groups is 1. The van der Waals surface area contributed by atoms with Gasteiger partial charge in [0, 0.05) is 25.6 Å². The summed E-state index contributed by atoms with van der Waals surface area (Å²) in [5.74, 6) is 0.774. The predicted octanol–water partition coefficient (Wildman–Crippen LogP) is 1.87. The van der Waals surface area contributed by atoms with Gasteiger partial charge in [0.15, 0.2) is 0 Å².